The number of carbonyl (C=O) groups excluding carboxylic acids is 3. The van der Waals surface area contributed by atoms with E-state index in [0.717, 1.165) is 44.9 Å². The maximum Gasteiger partial charge on any atom is 0.312 e. The summed E-state index contributed by atoms with van der Waals surface area (Å²) in [6.07, 6.45) is 8.04. The van der Waals surface area contributed by atoms with Crippen LogP contribution in [-0.2, 0) is 25.7 Å². The number of carbonyl (C=O) groups is 3. The Morgan fingerprint density at radius 2 is 1.94 bits per heavy atom. The zero-order valence-corrected chi connectivity index (χ0v) is 19.5. The van der Waals surface area contributed by atoms with Crippen LogP contribution >= 0.6 is 11.3 Å². The number of rotatable bonds is 8. The SMILES string of the molecule is O=C(NC1CCCCC1)C(=O)N(C[C@H]1CCCO1)[C@H](C(=O)NCc1ccco1)c1cccs1. The molecule has 2 atom stereocenters. The van der Waals surface area contributed by atoms with Crippen LogP contribution in [0, 0.1) is 0 Å². The first kappa shape index (κ1) is 23.5. The molecular formula is C24H31N3O5S. The number of ether oxygens (including phenoxy) is 1. The molecule has 0 spiro atoms. The standard InChI is InChI=1S/C24H31N3O5S/c28-22(25-15-18-9-4-12-31-18)21(20-11-6-14-33-20)27(16-19-10-5-13-32-19)24(30)23(29)26-17-7-2-1-3-8-17/h4,6,9,11-12,14,17,19,21H,1-3,5,7-8,10,13,15-16H2,(H,25,28)(H,26,29)/t19-,21+/m1/s1. The van der Waals surface area contributed by atoms with E-state index in [1.54, 1.807) is 18.4 Å². The highest BCUT2D eigenvalue weighted by molar-refractivity contribution is 7.10. The van der Waals surface area contributed by atoms with Crippen molar-refractivity contribution in [1.82, 2.24) is 15.5 Å². The lowest BCUT2D eigenvalue weighted by Crippen LogP contribution is -2.52. The second kappa shape index (κ2) is 11.5. The molecule has 2 aromatic heterocycles. The van der Waals surface area contributed by atoms with Crippen molar-refractivity contribution in [2.75, 3.05) is 13.2 Å². The molecule has 4 rings (SSSR count). The summed E-state index contributed by atoms with van der Waals surface area (Å²) in [5.41, 5.74) is 0. The van der Waals surface area contributed by atoms with E-state index < -0.39 is 17.9 Å². The molecule has 178 valence electrons. The molecule has 2 aromatic rings. The Bertz CT molecular complexity index is 903. The Balaban J connectivity index is 1.54. The average Bonchev–Trinajstić information content (AvgIpc) is 3.62. The van der Waals surface area contributed by atoms with Crippen molar-refractivity contribution in [1.29, 1.82) is 0 Å². The van der Waals surface area contributed by atoms with Gasteiger partial charge in [-0.1, -0.05) is 25.3 Å². The third-order valence-corrected chi connectivity index (χ3v) is 7.13. The molecule has 9 heteroatoms. The van der Waals surface area contributed by atoms with Crippen LogP contribution in [0.4, 0.5) is 0 Å². The summed E-state index contributed by atoms with van der Waals surface area (Å²) in [6, 6.07) is 6.26. The summed E-state index contributed by atoms with van der Waals surface area (Å²) in [4.78, 5) is 41.9. The lowest BCUT2D eigenvalue weighted by Gasteiger charge is -2.32. The summed E-state index contributed by atoms with van der Waals surface area (Å²) in [5, 5.41) is 7.62. The average molecular weight is 474 g/mol. The van der Waals surface area contributed by atoms with Crippen LogP contribution in [-0.4, -0.2) is 47.9 Å². The Hall–Kier alpha value is -2.65. The Labute approximate surface area is 197 Å². The molecule has 1 aliphatic heterocycles. The lowest BCUT2D eigenvalue weighted by atomic mass is 9.95. The number of amides is 3. The predicted molar refractivity (Wildman–Crippen MR) is 123 cm³/mol. The number of thiophene rings is 1. The Kier molecular flexibility index (Phi) is 8.17. The molecule has 3 amide bonds. The van der Waals surface area contributed by atoms with Crippen LogP contribution in [0.2, 0.25) is 0 Å². The highest BCUT2D eigenvalue weighted by Crippen LogP contribution is 2.28. The fourth-order valence-electron chi connectivity index (χ4n) is 4.49. The molecule has 2 aliphatic rings. The molecule has 3 heterocycles. The van der Waals surface area contributed by atoms with E-state index in [4.69, 9.17) is 9.15 Å². The maximum absolute atomic E-state index is 13.4. The molecule has 33 heavy (non-hydrogen) atoms. The quantitative estimate of drug-likeness (QED) is 0.574. The number of nitrogens with zero attached hydrogens (tertiary/aromatic N) is 1. The predicted octanol–water partition coefficient (Wildman–Crippen LogP) is 3.16. The number of hydrogen-bond donors (Lipinski definition) is 2. The van der Waals surface area contributed by atoms with Crippen molar-refractivity contribution in [3.63, 3.8) is 0 Å². The molecule has 0 radical (unpaired) electrons. The van der Waals surface area contributed by atoms with Gasteiger partial charge in [0.1, 0.15) is 11.8 Å². The minimum absolute atomic E-state index is 0.00717. The molecule has 1 saturated heterocycles. The first-order chi connectivity index (χ1) is 16.1. The largest absolute Gasteiger partial charge is 0.467 e. The zero-order chi connectivity index (χ0) is 23.0. The van der Waals surface area contributed by atoms with E-state index in [1.807, 2.05) is 17.5 Å². The zero-order valence-electron chi connectivity index (χ0n) is 18.7. The molecule has 0 unspecified atom stereocenters. The monoisotopic (exact) mass is 473 g/mol. The number of hydrogen-bond acceptors (Lipinski definition) is 6. The van der Waals surface area contributed by atoms with Gasteiger partial charge in [0.25, 0.3) is 0 Å². The second-order valence-corrected chi connectivity index (χ2v) is 9.60. The van der Waals surface area contributed by atoms with Gasteiger partial charge in [-0.25, -0.2) is 0 Å². The fourth-order valence-corrected chi connectivity index (χ4v) is 5.33. The van der Waals surface area contributed by atoms with Crippen molar-refractivity contribution in [3.8, 4) is 0 Å². The molecule has 0 aromatic carbocycles. The van der Waals surface area contributed by atoms with E-state index in [-0.39, 0.29) is 31.1 Å². The smallest absolute Gasteiger partial charge is 0.312 e. The van der Waals surface area contributed by atoms with Crippen molar-refractivity contribution in [3.05, 3.63) is 46.5 Å². The summed E-state index contributed by atoms with van der Waals surface area (Å²) in [7, 11) is 0. The van der Waals surface area contributed by atoms with Gasteiger partial charge < -0.3 is 24.7 Å². The molecule has 2 N–H and O–H groups in total. The van der Waals surface area contributed by atoms with Crippen LogP contribution < -0.4 is 10.6 Å². The van der Waals surface area contributed by atoms with Crippen molar-refractivity contribution in [2.24, 2.45) is 0 Å². The summed E-state index contributed by atoms with van der Waals surface area (Å²) >= 11 is 1.38. The highest BCUT2D eigenvalue weighted by Gasteiger charge is 2.38. The Morgan fingerprint density at radius 1 is 1.09 bits per heavy atom. The summed E-state index contributed by atoms with van der Waals surface area (Å²) in [5.74, 6) is -1.09. The number of furan rings is 1. The normalized spacial score (nSPS) is 19.7. The molecule has 0 bridgehead atoms. The van der Waals surface area contributed by atoms with Crippen LogP contribution in [0.3, 0.4) is 0 Å². The van der Waals surface area contributed by atoms with Crippen LogP contribution in [0.25, 0.3) is 0 Å². The van der Waals surface area contributed by atoms with E-state index in [9.17, 15) is 14.4 Å². The third kappa shape index (κ3) is 6.23. The van der Waals surface area contributed by atoms with Crippen LogP contribution in [0.5, 0.6) is 0 Å². The van der Waals surface area contributed by atoms with Crippen molar-refractivity contribution < 1.29 is 23.5 Å². The van der Waals surface area contributed by atoms with Crippen molar-refractivity contribution in [2.45, 2.75) is 69.7 Å². The van der Waals surface area contributed by atoms with E-state index in [1.165, 1.54) is 16.2 Å². The van der Waals surface area contributed by atoms with Crippen LogP contribution in [0.15, 0.2) is 40.3 Å². The van der Waals surface area contributed by atoms with Gasteiger partial charge in [-0.3, -0.25) is 14.4 Å². The van der Waals surface area contributed by atoms with E-state index in [0.29, 0.717) is 17.2 Å². The molecular weight excluding hydrogens is 442 g/mol. The van der Waals surface area contributed by atoms with E-state index >= 15 is 0 Å². The van der Waals surface area contributed by atoms with E-state index in [2.05, 4.69) is 10.6 Å². The molecule has 2 fully saturated rings. The topological polar surface area (TPSA) is 101 Å². The minimum Gasteiger partial charge on any atom is -0.467 e. The van der Waals surface area contributed by atoms with Gasteiger partial charge in [-0.15, -0.1) is 11.3 Å². The first-order valence-corrected chi connectivity index (χ1v) is 12.6. The first-order valence-electron chi connectivity index (χ1n) is 11.7. The fraction of sp³-hybridized carbons (Fsp3) is 0.542. The minimum atomic E-state index is -0.922. The molecule has 1 aliphatic carbocycles. The number of nitrogens with one attached hydrogen (secondary N) is 2. The second-order valence-electron chi connectivity index (χ2n) is 8.62. The Morgan fingerprint density at radius 3 is 2.61 bits per heavy atom. The summed E-state index contributed by atoms with van der Waals surface area (Å²) in [6.45, 7) is 1.01. The van der Waals surface area contributed by atoms with Gasteiger partial charge in [0, 0.05) is 24.1 Å². The van der Waals surface area contributed by atoms with Gasteiger partial charge >= 0.3 is 11.8 Å². The van der Waals surface area contributed by atoms with Gasteiger partial charge in [-0.2, -0.15) is 0 Å². The third-order valence-electron chi connectivity index (χ3n) is 6.21. The molecule has 1 saturated carbocycles. The van der Waals surface area contributed by atoms with Crippen molar-refractivity contribution >= 4 is 29.1 Å². The maximum atomic E-state index is 13.4. The van der Waals surface area contributed by atoms with Gasteiger partial charge in [0.15, 0.2) is 0 Å². The summed E-state index contributed by atoms with van der Waals surface area (Å²) < 4.78 is 11.1. The van der Waals surface area contributed by atoms with Gasteiger partial charge in [-0.05, 0) is 49.3 Å². The lowest BCUT2D eigenvalue weighted by molar-refractivity contribution is -0.151. The highest BCUT2D eigenvalue weighted by atomic mass is 32.1. The van der Waals surface area contributed by atoms with Gasteiger partial charge in [0.2, 0.25) is 5.91 Å². The van der Waals surface area contributed by atoms with Gasteiger partial charge in [0.05, 0.1) is 18.9 Å². The molecule has 8 nitrogen and oxygen atoms in total. The van der Waals surface area contributed by atoms with Crippen LogP contribution in [0.1, 0.15) is 61.6 Å².